The Morgan fingerprint density at radius 2 is 1.97 bits per heavy atom. The molecule has 0 aliphatic carbocycles. The van der Waals surface area contributed by atoms with Crippen molar-refractivity contribution >= 4 is 16.8 Å². The van der Waals surface area contributed by atoms with Crippen LogP contribution in [0.3, 0.4) is 0 Å². The number of fused-ring (bicyclic) bond motifs is 2. The molecule has 0 bridgehead atoms. The first kappa shape index (κ1) is 25.6. The Morgan fingerprint density at radius 3 is 2.69 bits per heavy atom. The molecule has 1 atom stereocenters. The van der Waals surface area contributed by atoms with Crippen molar-refractivity contribution in [3.8, 4) is 28.4 Å². The SMILES string of the molecule is CCc1cc(O)ccc1-c1ccc2c(-c3nc4c([nH]3)CN(C(C)C)[C@H](C(=O)N3CC(N(C)C)C3)C4)n[nH]c2c1. The minimum atomic E-state index is -0.201. The van der Waals surface area contributed by atoms with Crippen LogP contribution in [-0.2, 0) is 24.2 Å². The van der Waals surface area contributed by atoms with E-state index in [0.29, 0.717) is 19.0 Å². The van der Waals surface area contributed by atoms with Gasteiger partial charge in [0.1, 0.15) is 11.4 Å². The number of imidazole rings is 1. The van der Waals surface area contributed by atoms with Crippen LogP contribution in [0.2, 0.25) is 0 Å². The molecule has 1 saturated heterocycles. The van der Waals surface area contributed by atoms with Gasteiger partial charge in [-0.1, -0.05) is 19.1 Å². The first-order chi connectivity index (χ1) is 18.7. The van der Waals surface area contributed by atoms with Crippen molar-refractivity contribution in [3.63, 3.8) is 0 Å². The zero-order chi connectivity index (χ0) is 27.4. The summed E-state index contributed by atoms with van der Waals surface area (Å²) in [7, 11) is 4.14. The fourth-order valence-corrected chi connectivity index (χ4v) is 5.92. The number of benzene rings is 2. The van der Waals surface area contributed by atoms with Crippen molar-refractivity contribution in [1.29, 1.82) is 0 Å². The van der Waals surface area contributed by atoms with E-state index >= 15 is 0 Å². The van der Waals surface area contributed by atoms with Crippen LogP contribution in [0.1, 0.15) is 37.7 Å². The molecule has 39 heavy (non-hydrogen) atoms. The number of carbonyl (C=O) groups is 1. The number of aromatic amines is 2. The van der Waals surface area contributed by atoms with E-state index in [1.165, 1.54) is 0 Å². The highest BCUT2D eigenvalue weighted by Crippen LogP contribution is 2.34. The standard InChI is InChI=1S/C30H37N7O2/c1-6-18-11-21(38)8-10-22(18)19-7-9-23-24(12-19)33-34-28(23)29-31-25-13-27(37(17(2)3)16-26(25)32-29)30(39)36-14-20(15-36)35(4)5/h7-12,17,20,27,38H,6,13-16H2,1-5H3,(H,31,32)(H,33,34)/t27-/m0/s1. The lowest BCUT2D eigenvalue weighted by molar-refractivity contribution is -0.145. The molecular weight excluding hydrogens is 490 g/mol. The van der Waals surface area contributed by atoms with Gasteiger partial charge in [0.25, 0.3) is 0 Å². The van der Waals surface area contributed by atoms with Gasteiger partial charge >= 0.3 is 0 Å². The minimum Gasteiger partial charge on any atom is -0.508 e. The van der Waals surface area contributed by atoms with E-state index in [4.69, 9.17) is 4.98 Å². The zero-order valence-electron chi connectivity index (χ0n) is 23.3. The van der Waals surface area contributed by atoms with Crippen molar-refractivity contribution in [1.82, 2.24) is 34.9 Å². The smallest absolute Gasteiger partial charge is 0.240 e. The molecule has 0 spiro atoms. The highest BCUT2D eigenvalue weighted by Gasteiger charge is 2.41. The summed E-state index contributed by atoms with van der Waals surface area (Å²) >= 11 is 0. The summed E-state index contributed by atoms with van der Waals surface area (Å²) in [5, 5.41) is 18.7. The summed E-state index contributed by atoms with van der Waals surface area (Å²) in [4.78, 5) is 28.4. The second-order valence-corrected chi connectivity index (χ2v) is 11.4. The molecule has 9 nitrogen and oxygen atoms in total. The number of aromatic hydroxyl groups is 1. The van der Waals surface area contributed by atoms with Crippen molar-refractivity contribution in [2.45, 2.75) is 58.3 Å². The first-order valence-corrected chi connectivity index (χ1v) is 13.8. The quantitative estimate of drug-likeness (QED) is 0.352. The lowest BCUT2D eigenvalue weighted by atomic mass is 9.97. The molecule has 0 radical (unpaired) electrons. The third kappa shape index (κ3) is 4.49. The summed E-state index contributed by atoms with van der Waals surface area (Å²) in [6.45, 7) is 8.63. The Bertz CT molecular complexity index is 1530. The number of amides is 1. The number of H-pyrrole nitrogens is 2. The fraction of sp³-hybridized carbons (Fsp3) is 0.433. The molecule has 2 aliphatic rings. The number of aromatic nitrogens is 4. The molecule has 3 N–H and O–H groups in total. The van der Waals surface area contributed by atoms with Gasteiger partial charge in [-0.3, -0.25) is 14.8 Å². The maximum absolute atomic E-state index is 13.5. The monoisotopic (exact) mass is 527 g/mol. The van der Waals surface area contributed by atoms with Crippen LogP contribution in [0.15, 0.2) is 36.4 Å². The molecule has 204 valence electrons. The summed E-state index contributed by atoms with van der Waals surface area (Å²) in [5.74, 6) is 1.21. The number of rotatable bonds is 6. The largest absolute Gasteiger partial charge is 0.508 e. The maximum atomic E-state index is 13.5. The van der Waals surface area contributed by atoms with Gasteiger partial charge in [-0.05, 0) is 75.3 Å². The normalized spacial score (nSPS) is 18.2. The van der Waals surface area contributed by atoms with Crippen LogP contribution in [0, 0.1) is 0 Å². The minimum absolute atomic E-state index is 0.201. The molecule has 2 aromatic heterocycles. The van der Waals surface area contributed by atoms with Crippen molar-refractivity contribution in [2.24, 2.45) is 0 Å². The summed E-state index contributed by atoms with van der Waals surface area (Å²) < 4.78 is 0. The highest BCUT2D eigenvalue weighted by atomic mass is 16.3. The average molecular weight is 528 g/mol. The van der Waals surface area contributed by atoms with Crippen molar-refractivity contribution < 1.29 is 9.90 Å². The van der Waals surface area contributed by atoms with E-state index in [9.17, 15) is 9.90 Å². The number of aryl methyl sites for hydroxylation is 1. The summed E-state index contributed by atoms with van der Waals surface area (Å²) in [5.41, 5.74) is 6.99. The predicted octanol–water partition coefficient (Wildman–Crippen LogP) is 3.80. The Balaban J connectivity index is 1.28. The maximum Gasteiger partial charge on any atom is 0.240 e. The van der Waals surface area contributed by atoms with E-state index < -0.39 is 0 Å². The third-order valence-electron chi connectivity index (χ3n) is 8.41. The number of phenols is 1. The average Bonchev–Trinajstić information content (AvgIpc) is 3.49. The number of hydrogen-bond donors (Lipinski definition) is 3. The summed E-state index contributed by atoms with van der Waals surface area (Å²) in [6.07, 6.45) is 1.43. The van der Waals surface area contributed by atoms with Gasteiger partial charge in [-0.15, -0.1) is 0 Å². The van der Waals surface area contributed by atoms with Gasteiger partial charge in [-0.2, -0.15) is 5.10 Å². The van der Waals surface area contributed by atoms with E-state index in [0.717, 1.165) is 70.0 Å². The van der Waals surface area contributed by atoms with Crippen LogP contribution in [0.5, 0.6) is 5.75 Å². The molecule has 6 rings (SSSR count). The molecule has 4 aromatic rings. The molecule has 4 heterocycles. The molecule has 1 fully saturated rings. The summed E-state index contributed by atoms with van der Waals surface area (Å²) in [6, 6.07) is 12.3. The first-order valence-electron chi connectivity index (χ1n) is 13.8. The molecule has 1 amide bonds. The van der Waals surface area contributed by atoms with Gasteiger partial charge in [0.05, 0.1) is 22.9 Å². The van der Waals surface area contributed by atoms with Crippen LogP contribution in [0.4, 0.5) is 0 Å². The van der Waals surface area contributed by atoms with Crippen molar-refractivity contribution in [3.05, 3.63) is 53.3 Å². The number of likely N-dealkylation sites (N-methyl/N-ethyl adjacent to an activating group) is 1. The number of carbonyl (C=O) groups excluding carboxylic acids is 1. The highest BCUT2D eigenvalue weighted by molar-refractivity contribution is 5.94. The van der Waals surface area contributed by atoms with Gasteiger partial charge < -0.3 is 19.9 Å². The van der Waals surface area contributed by atoms with Crippen LogP contribution in [-0.4, -0.2) is 91.2 Å². The molecule has 9 heteroatoms. The number of nitrogens with zero attached hydrogens (tertiary/aromatic N) is 5. The molecule has 0 unspecified atom stereocenters. The molecular formula is C30H37N7O2. The van der Waals surface area contributed by atoms with Gasteiger partial charge in [0.2, 0.25) is 5.91 Å². The van der Waals surface area contributed by atoms with Crippen molar-refractivity contribution in [2.75, 3.05) is 27.2 Å². The topological polar surface area (TPSA) is 104 Å². The lowest BCUT2D eigenvalue weighted by Crippen LogP contribution is -2.64. The van der Waals surface area contributed by atoms with Gasteiger partial charge in [0.15, 0.2) is 5.82 Å². The van der Waals surface area contributed by atoms with Crippen LogP contribution < -0.4 is 0 Å². The van der Waals surface area contributed by atoms with E-state index in [2.05, 4.69) is 78.0 Å². The zero-order valence-corrected chi connectivity index (χ0v) is 23.3. The predicted molar refractivity (Wildman–Crippen MR) is 152 cm³/mol. The van der Waals surface area contributed by atoms with Gasteiger partial charge in [0, 0.05) is 43.5 Å². The second-order valence-electron chi connectivity index (χ2n) is 11.4. The molecule has 2 aromatic carbocycles. The Morgan fingerprint density at radius 1 is 1.18 bits per heavy atom. The second kappa shape index (κ2) is 9.81. The van der Waals surface area contributed by atoms with E-state index in [1.54, 1.807) is 6.07 Å². The third-order valence-corrected chi connectivity index (χ3v) is 8.41. The Hall–Kier alpha value is -3.69. The van der Waals surface area contributed by atoms with Gasteiger partial charge in [-0.25, -0.2) is 4.98 Å². The fourth-order valence-electron chi connectivity index (χ4n) is 5.92. The van der Waals surface area contributed by atoms with E-state index in [1.807, 2.05) is 17.0 Å². The molecule has 0 saturated carbocycles. The number of likely N-dealkylation sites (tertiary alicyclic amines) is 1. The lowest BCUT2D eigenvalue weighted by Gasteiger charge is -2.46. The number of nitrogens with one attached hydrogen (secondary N) is 2. The number of phenolic OH excluding ortho intramolecular Hbond substituents is 1. The Labute approximate surface area is 228 Å². The van der Waals surface area contributed by atoms with E-state index in [-0.39, 0.29) is 23.7 Å². The van der Waals surface area contributed by atoms with Crippen LogP contribution >= 0.6 is 0 Å². The Kier molecular flexibility index (Phi) is 6.43. The number of hydrogen-bond acceptors (Lipinski definition) is 6. The molecule has 2 aliphatic heterocycles. The van der Waals surface area contributed by atoms with Crippen LogP contribution in [0.25, 0.3) is 33.5 Å².